The number of ether oxygens (including phenoxy) is 3. The number of methoxy groups -OCH3 is 3. The SMILES string of the molecule is CC(=O)NCC(C)C.CC(=O)NCC(C)C.COC(=O)c1cc(C)ccc1-c1cccc(C(=O)O)c1.COC(=O)c1cc(C)ccc1-c1cccc(C=O)c1.COC(=O)c1cc(C)ccc1OS(=O)(=O)C(F)(F)F.Cc1ccc(-c2cccc(C(=O)Nc3ccc(C(=N)N)cc3)c2)c(C(=O)O)c1.Cc1ccc(-c2cccc(CNc3ccc(C(=N)N)cc3)c2)c(C(=O)O)c1.O=Cc1cccc(B(O)O)c1. The number of carboxylic acid groups (broad SMARTS) is 3. The maximum Gasteiger partial charge on any atom is 0.534 e. The summed E-state index contributed by atoms with van der Waals surface area (Å²) in [5.74, 6) is -4.61. The zero-order valence-electron chi connectivity index (χ0n) is 79.2. The van der Waals surface area contributed by atoms with Gasteiger partial charge in [-0.25, -0.2) is 28.8 Å². The molecule has 15 N–H and O–H groups in total. The summed E-state index contributed by atoms with van der Waals surface area (Å²) in [4.78, 5) is 123. The van der Waals surface area contributed by atoms with Crippen LogP contribution in [0.1, 0.15) is 179 Å². The van der Waals surface area contributed by atoms with Crippen molar-refractivity contribution in [3.63, 3.8) is 0 Å². The molecule has 0 saturated carbocycles. The summed E-state index contributed by atoms with van der Waals surface area (Å²) >= 11 is 0. The van der Waals surface area contributed by atoms with Gasteiger partial charge in [0.15, 0.2) is 5.75 Å². The van der Waals surface area contributed by atoms with Crippen molar-refractivity contribution in [1.29, 1.82) is 10.8 Å². The Balaban J connectivity index is 0.000000291. The number of nitrogens with one attached hydrogen (secondary N) is 6. The number of amidine groups is 2. The fraction of sp³-hybridized carbons (Fsp3) is 0.190. The number of aldehydes is 2. The first kappa shape index (κ1) is 114. The second-order valence-electron chi connectivity index (χ2n) is 31.8. The van der Waals surface area contributed by atoms with Crippen LogP contribution in [-0.2, 0) is 40.5 Å². The second kappa shape index (κ2) is 55.5. The number of hydrogen-bond donors (Lipinski definition) is 13. The third-order valence-corrected chi connectivity index (χ3v) is 20.4. The van der Waals surface area contributed by atoms with Gasteiger partial charge in [0.25, 0.3) is 5.91 Å². The number of alkyl halides is 3. The van der Waals surface area contributed by atoms with Crippen molar-refractivity contribution >= 4 is 112 Å². The number of amides is 3. The van der Waals surface area contributed by atoms with Crippen molar-refractivity contribution in [2.75, 3.05) is 45.1 Å². The van der Waals surface area contributed by atoms with Crippen molar-refractivity contribution < 1.29 is 118 Å². The third kappa shape index (κ3) is 37.3. The quantitative estimate of drug-likeness (QED) is 0.00350. The Morgan fingerprint density at radius 2 is 0.771 bits per heavy atom. The number of carbonyl (C=O) groups excluding carboxylic acids is 8. The van der Waals surface area contributed by atoms with Crippen LogP contribution in [0.15, 0.2) is 261 Å². The summed E-state index contributed by atoms with van der Waals surface area (Å²) in [5.41, 5.74) is 22.0. The lowest BCUT2D eigenvalue weighted by atomic mass is 9.80. The Morgan fingerprint density at radius 1 is 0.421 bits per heavy atom. The van der Waals surface area contributed by atoms with Crippen molar-refractivity contribution in [3.8, 4) is 50.3 Å². The smallest absolute Gasteiger partial charge is 0.478 e. The molecular weight excluding hydrogens is 1830 g/mol. The molecule has 3 amide bonds. The van der Waals surface area contributed by atoms with Gasteiger partial charge in [0.2, 0.25) is 11.8 Å². The lowest BCUT2D eigenvalue weighted by Crippen LogP contribution is -2.29. The van der Waals surface area contributed by atoms with Crippen LogP contribution in [0.4, 0.5) is 24.5 Å². The molecule has 0 bridgehead atoms. The molecule has 12 rings (SSSR count). The summed E-state index contributed by atoms with van der Waals surface area (Å²) in [6.45, 7) is 22.6. The second-order valence-corrected chi connectivity index (χ2v) is 33.3. The van der Waals surface area contributed by atoms with Crippen molar-refractivity contribution in [1.82, 2.24) is 10.6 Å². The number of aryl methyl sites for hydroxylation is 5. The molecule has 30 nitrogen and oxygen atoms in total. The van der Waals surface area contributed by atoms with Gasteiger partial charge in [0.05, 0.1) is 49.1 Å². The van der Waals surface area contributed by atoms with E-state index < -0.39 is 63.9 Å². The fourth-order valence-electron chi connectivity index (χ4n) is 12.4. The topological polar surface area (TPSA) is 508 Å². The predicted molar refractivity (Wildman–Crippen MR) is 532 cm³/mol. The highest BCUT2D eigenvalue weighted by Crippen LogP contribution is 2.34. The number of halogens is 3. The molecule has 0 fully saturated rings. The number of anilines is 2. The highest BCUT2D eigenvalue weighted by Gasteiger charge is 2.49. The zero-order valence-corrected chi connectivity index (χ0v) is 80.0. The molecule has 0 radical (unpaired) electrons. The van der Waals surface area contributed by atoms with Crippen molar-refractivity contribution in [3.05, 3.63) is 355 Å². The zero-order chi connectivity index (χ0) is 104. The molecule has 0 aliphatic heterocycles. The molecule has 12 aromatic carbocycles. The number of hydrogen-bond acceptors (Lipinski definition) is 22. The van der Waals surface area contributed by atoms with E-state index in [1.807, 2.05) is 107 Å². The van der Waals surface area contributed by atoms with Crippen LogP contribution < -0.4 is 42.4 Å². The van der Waals surface area contributed by atoms with E-state index in [4.69, 9.17) is 46.9 Å². The number of esters is 3. The van der Waals surface area contributed by atoms with Crippen LogP contribution >= 0.6 is 0 Å². The van der Waals surface area contributed by atoms with E-state index in [1.54, 1.807) is 153 Å². The highest BCUT2D eigenvalue weighted by atomic mass is 32.2. The number of carboxylic acids is 3. The standard InChI is InChI=1S/C22H19N3O3.C22H21N3O2.C16H14O4.C16H14O3.C10H9F3O5S.C7H7BO3.2C6H13NO/c1-13-5-10-18(19(11-13)22(27)28)15-3-2-4-16(12-15)21(26)25-17-8-6-14(7-9-17)20(23)24;1-14-5-10-19(20(11-14)22(26)27)17-4-2-3-15(12-17)13-25-18-8-6-16(7-9-18)21(23)24;1-10-6-7-13(14(8-10)16(19)20-2)11-4-3-5-12(9-11)15(17)18;1-11-6-7-14(15(8-11)16(18)19-2)13-5-3-4-12(9-13)10-17;1-6-3-4-8(7(5-6)9(14)17-2)18-19(15,16)10(11,12)13;9-5-6-2-1-3-7(4-6)8(10)11;2*1-5(2)4-7-6(3)8/h2-12H,1H3,(H3,23,24)(H,25,26)(H,27,28);2-12,25H,13H2,1H3,(H3,23,24)(H,26,27);3-9H,1-2H3,(H,17,18);3-10H,1-2H3;3-5H,1-2H3;1-5,10-11H;2*5H,4H2,1-3H3,(H,7,8). The Morgan fingerprint density at radius 3 is 1.15 bits per heavy atom. The summed E-state index contributed by atoms with van der Waals surface area (Å²) in [6, 6.07) is 73.5. The van der Waals surface area contributed by atoms with Gasteiger partial charge in [0.1, 0.15) is 29.8 Å². The van der Waals surface area contributed by atoms with Gasteiger partial charge in [-0.1, -0.05) is 189 Å². The first-order valence-corrected chi connectivity index (χ1v) is 44.1. The molecule has 0 saturated heterocycles. The Bertz CT molecular complexity index is 6510. The van der Waals surface area contributed by atoms with Gasteiger partial charge < -0.3 is 76.5 Å². The largest absolute Gasteiger partial charge is 0.534 e. The van der Waals surface area contributed by atoms with Crippen LogP contribution in [0.3, 0.4) is 0 Å². The van der Waals surface area contributed by atoms with Crippen LogP contribution in [0.25, 0.3) is 44.5 Å². The molecule has 12 aromatic rings. The first-order valence-electron chi connectivity index (χ1n) is 42.7. The van der Waals surface area contributed by atoms with Crippen molar-refractivity contribution in [2.24, 2.45) is 23.3 Å². The number of nitrogens with two attached hydrogens (primary N) is 2. The minimum absolute atomic E-state index is 0.0431. The molecule has 0 spiro atoms. The summed E-state index contributed by atoms with van der Waals surface area (Å²) in [7, 11) is -3.65. The van der Waals surface area contributed by atoms with E-state index in [-0.39, 0.29) is 46.5 Å². The van der Waals surface area contributed by atoms with E-state index >= 15 is 0 Å². The van der Waals surface area contributed by atoms with E-state index in [2.05, 4.69) is 57.9 Å². The average Bonchev–Trinajstić information content (AvgIpc) is 0.972. The molecule has 0 aliphatic carbocycles. The van der Waals surface area contributed by atoms with Gasteiger partial charge in [0, 0.05) is 72.7 Å². The normalized spacial score (nSPS) is 10.3. The number of carbonyl (C=O) groups is 11. The van der Waals surface area contributed by atoms with Gasteiger partial charge in [-0.05, 0) is 229 Å². The summed E-state index contributed by atoms with van der Waals surface area (Å²) in [5, 5.41) is 71.7. The molecular formula is C105H110BF3N8O22S. The van der Waals surface area contributed by atoms with Crippen LogP contribution in [0.2, 0.25) is 0 Å². The van der Waals surface area contributed by atoms with Crippen LogP contribution in [-0.4, -0.2) is 159 Å². The molecule has 0 unspecified atom stereocenters. The number of nitrogen functional groups attached to an aromatic ring is 2. The van der Waals surface area contributed by atoms with Gasteiger partial charge in [-0.3, -0.25) is 34.8 Å². The summed E-state index contributed by atoms with van der Waals surface area (Å²) in [6.07, 6.45) is 1.45. The van der Waals surface area contributed by atoms with E-state index in [9.17, 15) is 84.5 Å². The van der Waals surface area contributed by atoms with E-state index in [0.717, 1.165) is 88.8 Å². The van der Waals surface area contributed by atoms with Crippen molar-refractivity contribution in [2.45, 2.75) is 88.2 Å². The fourth-order valence-corrected chi connectivity index (χ4v) is 12.9. The first-order chi connectivity index (χ1) is 66.0. The Labute approximate surface area is 809 Å². The predicted octanol–water partition coefficient (Wildman–Crippen LogP) is 17.3. The van der Waals surface area contributed by atoms with Gasteiger partial charge >= 0.3 is 58.6 Å². The van der Waals surface area contributed by atoms with Gasteiger partial charge in [-0.2, -0.15) is 21.6 Å². The Hall–Kier alpha value is -16.5. The lowest BCUT2D eigenvalue weighted by molar-refractivity contribution is -0.119. The molecule has 0 aliphatic rings. The minimum atomic E-state index is -5.84. The molecule has 732 valence electrons. The van der Waals surface area contributed by atoms with Crippen LogP contribution in [0, 0.1) is 57.3 Å². The molecule has 140 heavy (non-hydrogen) atoms. The molecule has 0 heterocycles. The number of aromatic carboxylic acids is 3. The maximum atomic E-state index is 12.6. The summed E-state index contributed by atoms with van der Waals surface area (Å²) < 4.78 is 76.1. The molecule has 35 heteroatoms. The van der Waals surface area contributed by atoms with E-state index in [0.29, 0.717) is 114 Å². The number of benzene rings is 12. The average molecular weight is 1940 g/mol. The number of rotatable bonds is 26. The molecule has 0 aromatic heterocycles. The van der Waals surface area contributed by atoms with E-state index in [1.165, 1.54) is 52.3 Å². The minimum Gasteiger partial charge on any atom is -0.478 e. The monoisotopic (exact) mass is 1930 g/mol. The third-order valence-electron chi connectivity index (χ3n) is 19.4. The lowest BCUT2D eigenvalue weighted by Gasteiger charge is -2.12. The molecule has 0 atom stereocenters. The Kier molecular flexibility index (Phi) is 45.2. The van der Waals surface area contributed by atoms with Gasteiger partial charge in [-0.15, -0.1) is 0 Å². The maximum absolute atomic E-state index is 12.6. The highest BCUT2D eigenvalue weighted by molar-refractivity contribution is 7.88. The van der Waals surface area contributed by atoms with Crippen LogP contribution in [0.5, 0.6) is 5.75 Å².